The van der Waals surface area contributed by atoms with Gasteiger partial charge in [-0.15, -0.1) is 0 Å². The van der Waals surface area contributed by atoms with Crippen LogP contribution in [0.25, 0.3) is 0 Å². The Morgan fingerprint density at radius 2 is 1.52 bits per heavy atom. The lowest BCUT2D eigenvalue weighted by molar-refractivity contribution is -0.144. The van der Waals surface area contributed by atoms with Crippen molar-refractivity contribution < 1.29 is 28.7 Å². The summed E-state index contributed by atoms with van der Waals surface area (Å²) in [6.07, 6.45) is 3.76. The fraction of sp³-hybridized carbons (Fsp3) is 0.318. The molecule has 2 aliphatic carbocycles. The summed E-state index contributed by atoms with van der Waals surface area (Å²) in [7, 11) is 0. The fourth-order valence-electron chi connectivity index (χ4n) is 10.4. The second-order valence-electron chi connectivity index (χ2n) is 15.3. The molecular weight excluding hydrogens is 705 g/mol. The third-order valence-electron chi connectivity index (χ3n) is 12.7. The van der Waals surface area contributed by atoms with Gasteiger partial charge in [-0.3, -0.25) is 29.0 Å². The summed E-state index contributed by atoms with van der Waals surface area (Å²) in [5.74, 6) is -6.40. The molecule has 3 aliphatic heterocycles. The van der Waals surface area contributed by atoms with E-state index >= 15 is 9.18 Å². The van der Waals surface area contributed by atoms with E-state index in [1.165, 1.54) is 27.5 Å². The standard InChI is InChI=1S/C44H39ClFN3O5/c45-29-12-7-13-31(23-29)49-41(52)35-24-34-32(39(27-14-17-37(50)36(46)22-27)44(35,43(49)54)28-10-5-2-6-11-28)15-16-33-38(34)42(53)48(40(33)51)30-18-20-47(21-19-30)25-26-8-3-1-4-9-26/h1-15,17,22-23,30,33-35,38-39,50H,16,18-21,24-25H2. The van der Waals surface area contributed by atoms with Crippen molar-refractivity contribution in [2.75, 3.05) is 18.0 Å². The number of carbonyl (C=O) groups is 4. The Bertz CT molecular complexity index is 2210. The lowest BCUT2D eigenvalue weighted by Crippen LogP contribution is -2.53. The maximum atomic E-state index is 15.4. The van der Waals surface area contributed by atoms with Crippen molar-refractivity contribution in [1.82, 2.24) is 9.80 Å². The van der Waals surface area contributed by atoms with Crippen LogP contribution in [0.1, 0.15) is 48.3 Å². The molecule has 0 bridgehead atoms. The molecule has 4 amide bonds. The third-order valence-corrected chi connectivity index (χ3v) is 12.9. The maximum Gasteiger partial charge on any atom is 0.246 e. The number of aromatic hydroxyl groups is 1. The Labute approximate surface area is 317 Å². The van der Waals surface area contributed by atoms with Crippen molar-refractivity contribution in [3.05, 3.63) is 142 Å². The second kappa shape index (κ2) is 13.3. The fourth-order valence-corrected chi connectivity index (χ4v) is 10.6. The van der Waals surface area contributed by atoms with Gasteiger partial charge in [0.1, 0.15) is 0 Å². The molecule has 6 atom stereocenters. The molecule has 5 aliphatic rings. The molecule has 3 saturated heterocycles. The Morgan fingerprint density at radius 3 is 2.22 bits per heavy atom. The first-order valence-corrected chi connectivity index (χ1v) is 19.1. The molecule has 0 spiro atoms. The molecule has 274 valence electrons. The van der Waals surface area contributed by atoms with Crippen molar-refractivity contribution >= 4 is 40.9 Å². The lowest BCUT2D eigenvalue weighted by atomic mass is 9.49. The van der Waals surface area contributed by atoms with Crippen molar-refractivity contribution in [2.24, 2.45) is 23.7 Å². The second-order valence-corrected chi connectivity index (χ2v) is 15.8. The molecule has 4 aromatic rings. The van der Waals surface area contributed by atoms with Crippen LogP contribution in [0.15, 0.2) is 115 Å². The average Bonchev–Trinajstić information content (AvgIpc) is 3.57. The van der Waals surface area contributed by atoms with Crippen LogP contribution in [0.4, 0.5) is 10.1 Å². The molecule has 4 fully saturated rings. The van der Waals surface area contributed by atoms with Crippen molar-refractivity contribution in [2.45, 2.75) is 49.6 Å². The predicted molar refractivity (Wildman–Crippen MR) is 201 cm³/mol. The monoisotopic (exact) mass is 743 g/mol. The van der Waals surface area contributed by atoms with Gasteiger partial charge in [-0.2, -0.15) is 0 Å². The summed E-state index contributed by atoms with van der Waals surface area (Å²) < 4.78 is 15.4. The van der Waals surface area contributed by atoms with E-state index in [0.29, 0.717) is 34.7 Å². The number of allylic oxidation sites excluding steroid dienone is 2. The van der Waals surface area contributed by atoms with Crippen molar-refractivity contribution in [1.29, 1.82) is 0 Å². The van der Waals surface area contributed by atoms with Crippen molar-refractivity contribution in [3.63, 3.8) is 0 Å². The van der Waals surface area contributed by atoms with Gasteiger partial charge >= 0.3 is 0 Å². The number of imide groups is 2. The van der Waals surface area contributed by atoms with E-state index in [1.54, 1.807) is 30.3 Å². The Kier molecular flexibility index (Phi) is 8.54. The molecule has 10 heteroatoms. The lowest BCUT2D eigenvalue weighted by Gasteiger charge is -2.50. The van der Waals surface area contributed by atoms with Gasteiger partial charge in [-0.1, -0.05) is 96.0 Å². The smallest absolute Gasteiger partial charge is 0.246 e. The number of amides is 4. The Morgan fingerprint density at radius 1 is 0.796 bits per heavy atom. The van der Waals surface area contributed by atoms with E-state index < -0.39 is 58.4 Å². The highest BCUT2D eigenvalue weighted by Gasteiger charge is 2.70. The molecule has 1 N–H and O–H groups in total. The van der Waals surface area contributed by atoms with E-state index in [4.69, 9.17) is 11.6 Å². The summed E-state index contributed by atoms with van der Waals surface area (Å²) in [6, 6.07) is 29.8. The summed E-state index contributed by atoms with van der Waals surface area (Å²) in [4.78, 5) is 64.2. The molecule has 6 unspecified atom stereocenters. The number of phenolic OH excluding ortho intramolecular Hbond substituents is 1. The molecular formula is C44H39ClFN3O5. The van der Waals surface area contributed by atoms with E-state index in [2.05, 4.69) is 17.0 Å². The number of anilines is 1. The van der Waals surface area contributed by atoms with E-state index in [1.807, 2.05) is 54.6 Å². The number of phenols is 1. The van der Waals surface area contributed by atoms with Crippen molar-refractivity contribution in [3.8, 4) is 5.75 Å². The molecule has 0 radical (unpaired) electrons. The molecule has 3 heterocycles. The zero-order chi connectivity index (χ0) is 37.3. The number of nitrogens with zero attached hydrogens (tertiary/aromatic N) is 3. The normalized spacial score (nSPS) is 28.6. The van der Waals surface area contributed by atoms with Gasteiger partial charge in [0.25, 0.3) is 0 Å². The van der Waals surface area contributed by atoms with E-state index in [-0.39, 0.29) is 30.7 Å². The molecule has 9 rings (SSSR count). The van der Waals surface area contributed by atoms with Gasteiger partial charge in [0.15, 0.2) is 11.6 Å². The van der Waals surface area contributed by atoms with Gasteiger partial charge < -0.3 is 5.11 Å². The summed E-state index contributed by atoms with van der Waals surface area (Å²) in [5, 5.41) is 10.6. The minimum absolute atomic E-state index is 0.156. The number of carbonyl (C=O) groups excluding carboxylic acids is 4. The highest BCUT2D eigenvalue weighted by atomic mass is 35.5. The Hall–Kier alpha value is -5.12. The number of piperidine rings is 1. The number of hydrogen-bond donors (Lipinski definition) is 1. The zero-order valence-corrected chi connectivity index (χ0v) is 30.2. The van der Waals surface area contributed by atoms with Crippen LogP contribution < -0.4 is 4.90 Å². The minimum atomic E-state index is -1.52. The van der Waals surface area contributed by atoms with Gasteiger partial charge in [0.2, 0.25) is 23.6 Å². The SMILES string of the molecule is O=C1C2CC3C(=CCC4C(=O)N(C5CCN(Cc6ccccc6)CC5)C(=O)C43)C(c3ccc(O)c(F)c3)C2(c2ccccc2)C(=O)N1c1cccc(Cl)c1. The minimum Gasteiger partial charge on any atom is -0.505 e. The van der Waals surface area contributed by atoms with Crippen LogP contribution in [0.5, 0.6) is 5.75 Å². The number of benzene rings is 4. The van der Waals surface area contributed by atoms with Crippen LogP contribution in [0, 0.1) is 29.5 Å². The van der Waals surface area contributed by atoms with Crippen LogP contribution in [0.2, 0.25) is 5.02 Å². The number of hydrogen-bond acceptors (Lipinski definition) is 6. The van der Waals surface area contributed by atoms with E-state index in [9.17, 15) is 19.5 Å². The van der Waals surface area contributed by atoms with Gasteiger partial charge in [-0.25, -0.2) is 9.29 Å². The highest BCUT2D eigenvalue weighted by Crippen LogP contribution is 2.64. The molecule has 54 heavy (non-hydrogen) atoms. The number of halogens is 2. The molecule has 0 aromatic heterocycles. The summed E-state index contributed by atoms with van der Waals surface area (Å²) in [6.45, 7) is 2.31. The van der Waals surface area contributed by atoms with Crippen LogP contribution in [-0.2, 0) is 31.1 Å². The average molecular weight is 744 g/mol. The number of rotatable bonds is 6. The van der Waals surface area contributed by atoms with E-state index in [0.717, 1.165) is 25.2 Å². The topological polar surface area (TPSA) is 98.2 Å². The van der Waals surface area contributed by atoms with Crippen LogP contribution in [-0.4, -0.2) is 57.7 Å². The van der Waals surface area contributed by atoms with Gasteiger partial charge in [0, 0.05) is 36.6 Å². The van der Waals surface area contributed by atoms with Gasteiger partial charge in [0.05, 0.1) is 28.9 Å². The van der Waals surface area contributed by atoms with Gasteiger partial charge in [-0.05, 0) is 78.6 Å². The molecule has 1 saturated carbocycles. The maximum absolute atomic E-state index is 15.4. The summed E-state index contributed by atoms with van der Waals surface area (Å²) in [5.41, 5.74) is 1.77. The Balaban J connectivity index is 1.12. The highest BCUT2D eigenvalue weighted by molar-refractivity contribution is 6.32. The van der Waals surface area contributed by atoms with Crippen LogP contribution >= 0.6 is 11.6 Å². The third kappa shape index (κ3) is 5.27. The summed E-state index contributed by atoms with van der Waals surface area (Å²) >= 11 is 6.39. The first-order valence-electron chi connectivity index (χ1n) is 18.7. The molecule has 4 aromatic carbocycles. The number of fused-ring (bicyclic) bond motifs is 4. The van der Waals surface area contributed by atoms with Crippen LogP contribution in [0.3, 0.4) is 0 Å². The molecule has 8 nitrogen and oxygen atoms in total. The first-order chi connectivity index (χ1) is 26.2. The number of likely N-dealkylation sites (tertiary alicyclic amines) is 2. The quantitative estimate of drug-likeness (QED) is 0.169. The first kappa shape index (κ1) is 34.6. The largest absolute Gasteiger partial charge is 0.505 e. The zero-order valence-electron chi connectivity index (χ0n) is 29.5. The predicted octanol–water partition coefficient (Wildman–Crippen LogP) is 7.01.